The molecule has 1 aliphatic rings. The third kappa shape index (κ3) is 3.28. The summed E-state index contributed by atoms with van der Waals surface area (Å²) in [7, 11) is 0. The average molecular weight is 379 g/mol. The standard InChI is InChI=1S/C20H21N5O3/c1-11-7-15(22-18-16(11)19(27)24-23-18)20(28)25-6-5-13(10-25)8-12-3-2-4-14(9-12)17(21)26/h2-4,7,9,13H,5-6,8,10H2,1H3,(H2,21,26)(H2,22,23,24,27). The van der Waals surface area contributed by atoms with Crippen molar-refractivity contribution in [3.63, 3.8) is 0 Å². The largest absolute Gasteiger partial charge is 0.366 e. The number of nitrogens with one attached hydrogen (secondary N) is 2. The highest BCUT2D eigenvalue weighted by atomic mass is 16.2. The summed E-state index contributed by atoms with van der Waals surface area (Å²) in [5.41, 5.74) is 8.09. The zero-order valence-electron chi connectivity index (χ0n) is 15.5. The molecule has 4 N–H and O–H groups in total. The van der Waals surface area contributed by atoms with Crippen molar-refractivity contribution in [2.45, 2.75) is 19.8 Å². The summed E-state index contributed by atoms with van der Waals surface area (Å²) in [6.45, 7) is 3.08. The van der Waals surface area contributed by atoms with Crippen LogP contribution < -0.4 is 11.3 Å². The highest BCUT2D eigenvalue weighted by Crippen LogP contribution is 2.23. The molecule has 4 rings (SSSR count). The maximum atomic E-state index is 12.9. The van der Waals surface area contributed by atoms with E-state index in [1.807, 2.05) is 18.2 Å². The summed E-state index contributed by atoms with van der Waals surface area (Å²) in [6, 6.07) is 8.97. The van der Waals surface area contributed by atoms with Crippen LogP contribution in [0.5, 0.6) is 0 Å². The number of carbonyl (C=O) groups is 2. The Morgan fingerprint density at radius 3 is 2.89 bits per heavy atom. The summed E-state index contributed by atoms with van der Waals surface area (Å²) in [4.78, 5) is 42.1. The molecule has 2 amide bonds. The third-order valence-electron chi connectivity index (χ3n) is 5.27. The smallest absolute Gasteiger partial charge is 0.273 e. The van der Waals surface area contributed by atoms with Crippen molar-refractivity contribution in [2.75, 3.05) is 13.1 Å². The van der Waals surface area contributed by atoms with Crippen LogP contribution in [0.15, 0.2) is 35.1 Å². The van der Waals surface area contributed by atoms with Crippen molar-refractivity contribution >= 4 is 22.8 Å². The van der Waals surface area contributed by atoms with Gasteiger partial charge in [-0.3, -0.25) is 24.6 Å². The number of aromatic amines is 2. The number of nitrogens with zero attached hydrogens (tertiary/aromatic N) is 2. The van der Waals surface area contributed by atoms with Gasteiger partial charge in [0.2, 0.25) is 5.91 Å². The molecule has 1 aliphatic heterocycles. The zero-order valence-corrected chi connectivity index (χ0v) is 15.5. The molecule has 8 heteroatoms. The zero-order chi connectivity index (χ0) is 19.8. The lowest BCUT2D eigenvalue weighted by molar-refractivity contribution is 0.0781. The second kappa shape index (κ2) is 6.95. The number of fused-ring (bicyclic) bond motifs is 1. The first-order valence-electron chi connectivity index (χ1n) is 9.18. The molecule has 0 aliphatic carbocycles. The molecule has 0 bridgehead atoms. The second-order valence-corrected chi connectivity index (χ2v) is 7.30. The summed E-state index contributed by atoms with van der Waals surface area (Å²) < 4.78 is 0. The number of hydrogen-bond donors (Lipinski definition) is 3. The Labute approximate surface area is 160 Å². The van der Waals surface area contributed by atoms with E-state index in [2.05, 4.69) is 15.2 Å². The molecule has 0 spiro atoms. The van der Waals surface area contributed by atoms with Crippen LogP contribution in [0, 0.1) is 12.8 Å². The van der Waals surface area contributed by atoms with Crippen LogP contribution in [0.25, 0.3) is 11.0 Å². The van der Waals surface area contributed by atoms with Crippen LogP contribution in [0.1, 0.15) is 38.4 Å². The van der Waals surface area contributed by atoms with Crippen molar-refractivity contribution in [1.82, 2.24) is 20.1 Å². The number of amides is 2. The summed E-state index contributed by atoms with van der Waals surface area (Å²) >= 11 is 0. The minimum atomic E-state index is -0.440. The maximum Gasteiger partial charge on any atom is 0.273 e. The lowest BCUT2D eigenvalue weighted by Gasteiger charge is -2.16. The molecule has 3 aromatic rings. The van der Waals surface area contributed by atoms with Crippen molar-refractivity contribution in [2.24, 2.45) is 11.7 Å². The van der Waals surface area contributed by atoms with Crippen molar-refractivity contribution in [1.29, 1.82) is 0 Å². The maximum absolute atomic E-state index is 12.9. The summed E-state index contributed by atoms with van der Waals surface area (Å²) in [5.74, 6) is -0.269. The second-order valence-electron chi connectivity index (χ2n) is 7.30. The first kappa shape index (κ1) is 18.0. The number of rotatable bonds is 4. The highest BCUT2D eigenvalue weighted by molar-refractivity contribution is 5.95. The highest BCUT2D eigenvalue weighted by Gasteiger charge is 2.28. The molecule has 1 atom stereocenters. The van der Waals surface area contributed by atoms with E-state index in [0.717, 1.165) is 24.0 Å². The monoisotopic (exact) mass is 379 g/mol. The minimum absolute atomic E-state index is 0.138. The Kier molecular flexibility index (Phi) is 4.46. The number of carbonyl (C=O) groups excluding carboxylic acids is 2. The molecular formula is C20H21N5O3. The number of hydrogen-bond acceptors (Lipinski definition) is 4. The fourth-order valence-electron chi connectivity index (χ4n) is 3.87. The van der Waals surface area contributed by atoms with Crippen LogP contribution in [0.4, 0.5) is 0 Å². The van der Waals surface area contributed by atoms with E-state index < -0.39 is 5.91 Å². The Balaban J connectivity index is 1.48. The SMILES string of the molecule is Cc1cc(C(=O)N2CCC(Cc3cccc(C(N)=O)c3)C2)nc2[nH][nH]c(=O)c12. The Bertz CT molecular complexity index is 1130. The number of likely N-dealkylation sites (tertiary alicyclic amines) is 1. The van der Waals surface area contributed by atoms with Crippen LogP contribution in [0.3, 0.4) is 0 Å². The van der Waals surface area contributed by atoms with E-state index in [1.54, 1.807) is 24.0 Å². The topological polar surface area (TPSA) is 125 Å². The van der Waals surface area contributed by atoms with Crippen molar-refractivity contribution < 1.29 is 9.59 Å². The van der Waals surface area contributed by atoms with Gasteiger partial charge in [0.05, 0.1) is 5.39 Å². The van der Waals surface area contributed by atoms with Gasteiger partial charge < -0.3 is 10.6 Å². The van der Waals surface area contributed by atoms with E-state index in [1.165, 1.54) is 0 Å². The van der Waals surface area contributed by atoms with Gasteiger partial charge in [0.25, 0.3) is 11.5 Å². The van der Waals surface area contributed by atoms with Gasteiger partial charge in [-0.15, -0.1) is 0 Å². The Morgan fingerprint density at radius 2 is 2.11 bits per heavy atom. The first-order valence-corrected chi connectivity index (χ1v) is 9.18. The predicted octanol–water partition coefficient (Wildman–Crippen LogP) is 1.36. The molecular weight excluding hydrogens is 358 g/mol. The van der Waals surface area contributed by atoms with Gasteiger partial charge in [0.15, 0.2) is 5.65 Å². The van der Waals surface area contributed by atoms with E-state index >= 15 is 0 Å². The van der Waals surface area contributed by atoms with Gasteiger partial charge in [-0.05, 0) is 55.0 Å². The summed E-state index contributed by atoms with van der Waals surface area (Å²) in [6.07, 6.45) is 1.66. The third-order valence-corrected chi connectivity index (χ3v) is 5.27. The van der Waals surface area contributed by atoms with E-state index in [9.17, 15) is 14.4 Å². The number of primary amides is 1. The van der Waals surface area contributed by atoms with E-state index in [-0.39, 0.29) is 11.5 Å². The molecule has 1 unspecified atom stereocenters. The Hall–Kier alpha value is -3.42. The molecule has 0 saturated carbocycles. The molecule has 8 nitrogen and oxygen atoms in total. The van der Waals surface area contributed by atoms with Gasteiger partial charge in [-0.1, -0.05) is 12.1 Å². The Morgan fingerprint density at radius 1 is 1.29 bits per heavy atom. The van der Waals surface area contributed by atoms with E-state index in [0.29, 0.717) is 41.3 Å². The molecule has 2 aromatic heterocycles. The lowest BCUT2D eigenvalue weighted by Crippen LogP contribution is -2.29. The molecule has 3 heterocycles. The predicted molar refractivity (Wildman–Crippen MR) is 104 cm³/mol. The molecule has 0 radical (unpaired) electrons. The number of aromatic nitrogens is 3. The molecule has 1 saturated heterocycles. The van der Waals surface area contributed by atoms with Crippen molar-refractivity contribution in [3.8, 4) is 0 Å². The normalized spacial score (nSPS) is 16.6. The number of nitrogens with two attached hydrogens (primary N) is 1. The van der Waals surface area contributed by atoms with Gasteiger partial charge in [0, 0.05) is 18.7 Å². The fourth-order valence-corrected chi connectivity index (χ4v) is 3.87. The molecule has 1 aromatic carbocycles. The minimum Gasteiger partial charge on any atom is -0.366 e. The van der Waals surface area contributed by atoms with Crippen LogP contribution >= 0.6 is 0 Å². The number of aryl methyl sites for hydroxylation is 1. The van der Waals surface area contributed by atoms with E-state index in [4.69, 9.17) is 5.73 Å². The number of pyridine rings is 1. The van der Waals surface area contributed by atoms with Gasteiger partial charge in [0.1, 0.15) is 5.69 Å². The number of benzene rings is 1. The molecule has 1 fully saturated rings. The van der Waals surface area contributed by atoms with Crippen LogP contribution in [-0.2, 0) is 6.42 Å². The summed E-state index contributed by atoms with van der Waals surface area (Å²) in [5, 5.41) is 5.69. The molecule has 28 heavy (non-hydrogen) atoms. The average Bonchev–Trinajstić information content (AvgIpc) is 3.28. The molecule has 144 valence electrons. The first-order chi connectivity index (χ1) is 13.4. The quantitative estimate of drug-likeness (QED) is 0.633. The fraction of sp³-hybridized carbons (Fsp3) is 0.300. The lowest BCUT2D eigenvalue weighted by atomic mass is 9.97. The van der Waals surface area contributed by atoms with Crippen LogP contribution in [0.2, 0.25) is 0 Å². The van der Waals surface area contributed by atoms with Crippen LogP contribution in [-0.4, -0.2) is 45.0 Å². The van der Waals surface area contributed by atoms with Gasteiger partial charge >= 0.3 is 0 Å². The van der Waals surface area contributed by atoms with Gasteiger partial charge in [-0.25, -0.2) is 4.98 Å². The number of H-pyrrole nitrogens is 2. The van der Waals surface area contributed by atoms with Gasteiger partial charge in [-0.2, -0.15) is 0 Å². The van der Waals surface area contributed by atoms with Crippen molar-refractivity contribution in [3.05, 3.63) is 63.1 Å².